The van der Waals surface area contributed by atoms with Crippen molar-refractivity contribution in [1.82, 2.24) is 38.2 Å². The minimum absolute atomic E-state index is 0.703. The molecular weight excluding hydrogens is 1150 g/mol. The van der Waals surface area contributed by atoms with E-state index in [4.69, 9.17) is 19.9 Å². The van der Waals surface area contributed by atoms with Crippen molar-refractivity contribution in [3.8, 4) is 79.2 Å². The molecule has 0 unspecified atom stereocenters. The Morgan fingerprint density at radius 1 is 0.181 bits per heavy atom. The minimum atomic E-state index is 0.703. The molecule has 8 heteroatoms. The first-order valence-electron chi connectivity index (χ1n) is 31.8. The summed E-state index contributed by atoms with van der Waals surface area (Å²) in [7, 11) is 0. The van der Waals surface area contributed by atoms with E-state index in [0.717, 1.165) is 111 Å². The van der Waals surface area contributed by atoms with Gasteiger partial charge in [-0.15, -0.1) is 0 Å². The number of benzene rings is 13. The first-order chi connectivity index (χ1) is 46.7. The lowest BCUT2D eigenvalue weighted by Crippen LogP contribution is -1.99. The molecule has 0 aliphatic carbocycles. The van der Waals surface area contributed by atoms with Crippen molar-refractivity contribution in [3.05, 3.63) is 340 Å². The molecule has 0 amide bonds. The Bertz CT molecular complexity index is 6060. The monoisotopic (exact) mass is 1200 g/mol. The predicted molar refractivity (Wildman–Crippen MR) is 389 cm³/mol. The van der Waals surface area contributed by atoms with Crippen LogP contribution in [-0.4, -0.2) is 38.2 Å². The van der Waals surface area contributed by atoms with Crippen LogP contribution < -0.4 is 0 Å². The number of hydrogen-bond acceptors (Lipinski definition) is 4. The van der Waals surface area contributed by atoms with Crippen molar-refractivity contribution in [3.63, 3.8) is 0 Å². The predicted octanol–water partition coefficient (Wildman–Crippen LogP) is 21.7. The van der Waals surface area contributed by atoms with Gasteiger partial charge in [0.05, 0.1) is 55.3 Å². The molecular formula is C86H56N8. The van der Waals surface area contributed by atoms with Gasteiger partial charge in [-0.2, -0.15) is 0 Å². The SMILES string of the molecule is c1ccc(-c2ccc(-n3c4ccccc4c4cc(-c5nc(-c6ccccc6)nc6c5c5ccccc5n6-c5ccccc5)ccc43)cc2)cc1.c1ccc(-c2nc(-c3ccc4c5ccccc5n(-c5ccccc5)c4c3)c3c4ccccc4n(-c4ccccc4)c3n2)cc1. The fraction of sp³-hybridized carbons (Fsp3) is 0. The van der Waals surface area contributed by atoms with Gasteiger partial charge in [0.25, 0.3) is 0 Å². The van der Waals surface area contributed by atoms with Crippen LogP contribution in [0.4, 0.5) is 0 Å². The zero-order valence-corrected chi connectivity index (χ0v) is 50.9. The Balaban J connectivity index is 0.000000139. The molecule has 94 heavy (non-hydrogen) atoms. The highest BCUT2D eigenvalue weighted by atomic mass is 15.1. The average molecular weight is 1200 g/mol. The lowest BCUT2D eigenvalue weighted by atomic mass is 10.0. The first kappa shape index (κ1) is 54.2. The van der Waals surface area contributed by atoms with Crippen LogP contribution in [0.3, 0.4) is 0 Å². The highest BCUT2D eigenvalue weighted by Gasteiger charge is 2.25. The molecule has 19 rings (SSSR count). The second-order valence-corrected chi connectivity index (χ2v) is 23.7. The maximum Gasteiger partial charge on any atom is 0.162 e. The van der Waals surface area contributed by atoms with Crippen molar-refractivity contribution in [2.24, 2.45) is 0 Å². The quantitative estimate of drug-likeness (QED) is 0.144. The maximum atomic E-state index is 5.36. The van der Waals surface area contributed by atoms with Gasteiger partial charge in [0.15, 0.2) is 11.6 Å². The molecule has 0 spiro atoms. The van der Waals surface area contributed by atoms with Crippen molar-refractivity contribution in [2.75, 3.05) is 0 Å². The summed E-state index contributed by atoms with van der Waals surface area (Å²) in [5, 5.41) is 9.19. The Hall–Kier alpha value is -12.8. The van der Waals surface area contributed by atoms with E-state index in [0.29, 0.717) is 11.6 Å². The van der Waals surface area contributed by atoms with Gasteiger partial charge in [0.2, 0.25) is 0 Å². The van der Waals surface area contributed by atoms with Crippen LogP contribution in [-0.2, 0) is 0 Å². The van der Waals surface area contributed by atoms with Crippen LogP contribution in [0.25, 0.3) is 167 Å². The van der Waals surface area contributed by atoms with E-state index >= 15 is 0 Å². The third-order valence-electron chi connectivity index (χ3n) is 18.3. The number of nitrogens with zero attached hydrogens (tertiary/aromatic N) is 8. The average Bonchev–Trinajstić information content (AvgIpc) is 1.59. The summed E-state index contributed by atoms with van der Waals surface area (Å²) < 4.78 is 9.26. The molecule has 19 aromatic rings. The van der Waals surface area contributed by atoms with E-state index in [-0.39, 0.29) is 0 Å². The number of hydrogen-bond donors (Lipinski definition) is 0. The summed E-state index contributed by atoms with van der Waals surface area (Å²) in [6.07, 6.45) is 0. The second-order valence-electron chi connectivity index (χ2n) is 23.7. The molecule has 0 aliphatic rings. The fourth-order valence-electron chi connectivity index (χ4n) is 14.0. The largest absolute Gasteiger partial charge is 0.309 e. The summed E-state index contributed by atoms with van der Waals surface area (Å²) in [5.41, 5.74) is 21.4. The highest BCUT2D eigenvalue weighted by molar-refractivity contribution is 6.18. The molecule has 0 atom stereocenters. The van der Waals surface area contributed by atoms with Gasteiger partial charge < -0.3 is 9.13 Å². The van der Waals surface area contributed by atoms with Gasteiger partial charge >= 0.3 is 0 Å². The fourth-order valence-corrected chi connectivity index (χ4v) is 14.0. The number of para-hydroxylation sites is 7. The van der Waals surface area contributed by atoms with Gasteiger partial charge in [0, 0.05) is 77.3 Å². The third kappa shape index (κ3) is 9.07. The molecule has 440 valence electrons. The van der Waals surface area contributed by atoms with Crippen LogP contribution in [0.2, 0.25) is 0 Å². The van der Waals surface area contributed by atoms with Crippen LogP contribution in [0.5, 0.6) is 0 Å². The second kappa shape index (κ2) is 22.6. The van der Waals surface area contributed by atoms with E-state index in [1.807, 2.05) is 42.5 Å². The zero-order valence-electron chi connectivity index (χ0n) is 50.9. The minimum Gasteiger partial charge on any atom is -0.309 e. The highest BCUT2D eigenvalue weighted by Crippen LogP contribution is 2.44. The van der Waals surface area contributed by atoms with Gasteiger partial charge in [-0.05, 0) is 102 Å². The lowest BCUT2D eigenvalue weighted by Gasteiger charge is -2.11. The Morgan fingerprint density at radius 2 is 0.489 bits per heavy atom. The molecule has 0 bridgehead atoms. The zero-order chi connectivity index (χ0) is 62.1. The number of fused-ring (bicyclic) bond motifs is 12. The van der Waals surface area contributed by atoms with Crippen LogP contribution in [0, 0.1) is 0 Å². The molecule has 0 radical (unpaired) electrons. The molecule has 6 aromatic heterocycles. The molecule has 0 aliphatic heterocycles. The van der Waals surface area contributed by atoms with Crippen LogP contribution in [0.15, 0.2) is 340 Å². The molecule has 0 saturated carbocycles. The smallest absolute Gasteiger partial charge is 0.162 e. The topological polar surface area (TPSA) is 71.3 Å². The number of aromatic nitrogens is 8. The third-order valence-corrected chi connectivity index (χ3v) is 18.3. The molecule has 13 aromatic carbocycles. The summed E-state index contributed by atoms with van der Waals surface area (Å²) in [4.78, 5) is 21.2. The van der Waals surface area contributed by atoms with Crippen LogP contribution in [0.1, 0.15) is 0 Å². The molecule has 6 heterocycles. The Labute approximate surface area is 541 Å². The molecule has 0 saturated heterocycles. The van der Waals surface area contributed by atoms with Gasteiger partial charge in [0.1, 0.15) is 11.3 Å². The summed E-state index contributed by atoms with van der Waals surface area (Å²) in [6.45, 7) is 0. The summed E-state index contributed by atoms with van der Waals surface area (Å²) >= 11 is 0. The Morgan fingerprint density at radius 3 is 0.968 bits per heavy atom. The van der Waals surface area contributed by atoms with E-state index in [9.17, 15) is 0 Å². The van der Waals surface area contributed by atoms with E-state index in [1.165, 1.54) is 43.7 Å². The molecule has 0 fully saturated rings. The lowest BCUT2D eigenvalue weighted by molar-refractivity contribution is 1.11. The van der Waals surface area contributed by atoms with E-state index < -0.39 is 0 Å². The summed E-state index contributed by atoms with van der Waals surface area (Å²) in [6, 6.07) is 120. The van der Waals surface area contributed by atoms with Crippen LogP contribution >= 0.6 is 0 Å². The van der Waals surface area contributed by atoms with Gasteiger partial charge in [-0.25, -0.2) is 19.9 Å². The standard InChI is InChI=1S/C46H30N4.C40H26N4/c1-4-14-31(15-5-1)32-24-27-36(28-25-32)49-40-22-12-10-20-37(40)39-30-34(26-29-42(39)49)44-43-38-21-11-13-23-41(38)50(35-18-8-3-9-19-35)46(43)48-45(47-44)33-16-6-2-7-17-33;1-4-14-27(15-5-1)39-41-38(37-33-21-11-13-23-35(33)44(40(37)42-39)30-18-8-3-9-19-30)28-24-25-32-31-20-10-12-22-34(31)43(36(32)26-28)29-16-6-2-7-17-29/h1-30H;1-26H. The number of rotatable bonds is 9. The Kier molecular flexibility index (Phi) is 13.0. The van der Waals surface area contributed by atoms with Crippen molar-refractivity contribution < 1.29 is 0 Å². The molecule has 0 N–H and O–H groups in total. The van der Waals surface area contributed by atoms with Crippen molar-refractivity contribution >= 4 is 87.5 Å². The van der Waals surface area contributed by atoms with Gasteiger partial charge in [-0.1, -0.05) is 249 Å². The maximum absolute atomic E-state index is 5.36. The van der Waals surface area contributed by atoms with E-state index in [1.54, 1.807) is 0 Å². The first-order valence-corrected chi connectivity index (χ1v) is 31.8. The summed E-state index contributed by atoms with van der Waals surface area (Å²) in [5.74, 6) is 1.41. The van der Waals surface area contributed by atoms with Gasteiger partial charge in [-0.3, -0.25) is 9.13 Å². The van der Waals surface area contributed by atoms with Crippen molar-refractivity contribution in [1.29, 1.82) is 0 Å². The van der Waals surface area contributed by atoms with E-state index in [2.05, 4.69) is 316 Å². The molecule has 8 nitrogen and oxygen atoms in total. The van der Waals surface area contributed by atoms with Crippen molar-refractivity contribution in [2.45, 2.75) is 0 Å². The normalized spacial score (nSPS) is 11.6.